The number of amides is 1. The SMILES string of the molecule is Cc1nn(Cc2ccc(C(=O)N3CCCC(C4OCCO4)C3)cc2)c(C)c1[N+](=O)[O-]. The summed E-state index contributed by atoms with van der Waals surface area (Å²) >= 11 is 0. The summed E-state index contributed by atoms with van der Waals surface area (Å²) in [6.07, 6.45) is 1.74. The Morgan fingerprint density at radius 2 is 1.93 bits per heavy atom. The van der Waals surface area contributed by atoms with Gasteiger partial charge in [-0.25, -0.2) is 0 Å². The van der Waals surface area contributed by atoms with Crippen LogP contribution < -0.4 is 0 Å². The van der Waals surface area contributed by atoms with Crippen LogP contribution in [0.1, 0.15) is 40.2 Å². The van der Waals surface area contributed by atoms with E-state index in [2.05, 4.69) is 5.10 Å². The van der Waals surface area contributed by atoms with Gasteiger partial charge in [-0.1, -0.05) is 12.1 Å². The van der Waals surface area contributed by atoms with Gasteiger partial charge in [-0.05, 0) is 44.4 Å². The van der Waals surface area contributed by atoms with Crippen molar-refractivity contribution in [1.29, 1.82) is 0 Å². The number of aryl methyl sites for hydroxylation is 1. The molecule has 1 amide bonds. The van der Waals surface area contributed by atoms with E-state index < -0.39 is 4.92 Å². The van der Waals surface area contributed by atoms with E-state index in [-0.39, 0.29) is 23.8 Å². The topological polar surface area (TPSA) is 99.7 Å². The molecule has 4 rings (SSSR count). The zero-order valence-electron chi connectivity index (χ0n) is 17.2. The maximum Gasteiger partial charge on any atom is 0.312 e. The maximum absolute atomic E-state index is 13.0. The van der Waals surface area contributed by atoms with Gasteiger partial charge in [0, 0.05) is 24.6 Å². The number of nitrogens with zero attached hydrogens (tertiary/aromatic N) is 4. The molecule has 1 aromatic carbocycles. The summed E-state index contributed by atoms with van der Waals surface area (Å²) < 4.78 is 12.9. The summed E-state index contributed by atoms with van der Waals surface area (Å²) in [6.45, 7) is 6.36. The van der Waals surface area contributed by atoms with Crippen LogP contribution in [0.5, 0.6) is 0 Å². The van der Waals surface area contributed by atoms with Crippen LogP contribution in [-0.2, 0) is 16.0 Å². The standard InChI is InChI=1S/C21H26N4O5/c1-14-19(25(27)28)15(2)24(22-14)12-16-5-7-17(8-6-16)20(26)23-9-3-4-18(13-23)21-29-10-11-30-21/h5-8,18,21H,3-4,9-13H2,1-2H3. The highest BCUT2D eigenvalue weighted by Gasteiger charge is 2.33. The normalized spacial score (nSPS) is 19.9. The van der Waals surface area contributed by atoms with E-state index in [0.29, 0.717) is 43.3 Å². The lowest BCUT2D eigenvalue weighted by Crippen LogP contribution is -2.43. The molecular formula is C21H26N4O5. The first-order valence-corrected chi connectivity index (χ1v) is 10.2. The summed E-state index contributed by atoms with van der Waals surface area (Å²) in [5.74, 6) is 0.220. The van der Waals surface area contributed by atoms with Gasteiger partial charge in [0.15, 0.2) is 6.29 Å². The highest BCUT2D eigenvalue weighted by Crippen LogP contribution is 2.26. The molecule has 2 saturated heterocycles. The van der Waals surface area contributed by atoms with Crippen LogP contribution in [-0.4, -0.2) is 58.1 Å². The zero-order chi connectivity index (χ0) is 21.3. The fourth-order valence-corrected chi connectivity index (χ4v) is 4.28. The van der Waals surface area contributed by atoms with E-state index in [0.717, 1.165) is 24.9 Å². The molecule has 0 spiro atoms. The lowest BCUT2D eigenvalue weighted by molar-refractivity contribution is -0.386. The molecule has 9 heteroatoms. The Morgan fingerprint density at radius 1 is 1.23 bits per heavy atom. The second-order valence-electron chi connectivity index (χ2n) is 7.89. The van der Waals surface area contributed by atoms with E-state index in [9.17, 15) is 14.9 Å². The number of nitro groups is 1. The molecule has 1 unspecified atom stereocenters. The van der Waals surface area contributed by atoms with Crippen molar-refractivity contribution in [3.8, 4) is 0 Å². The number of piperidine rings is 1. The highest BCUT2D eigenvalue weighted by atomic mass is 16.7. The molecule has 0 saturated carbocycles. The van der Waals surface area contributed by atoms with Crippen LogP contribution in [0.3, 0.4) is 0 Å². The third kappa shape index (κ3) is 4.08. The third-order valence-corrected chi connectivity index (χ3v) is 5.84. The molecule has 0 radical (unpaired) electrons. The lowest BCUT2D eigenvalue weighted by atomic mass is 9.96. The van der Waals surface area contributed by atoms with Crippen molar-refractivity contribution >= 4 is 11.6 Å². The molecule has 160 valence electrons. The van der Waals surface area contributed by atoms with Gasteiger partial charge in [-0.15, -0.1) is 0 Å². The van der Waals surface area contributed by atoms with Crippen LogP contribution in [0, 0.1) is 29.9 Å². The number of ether oxygens (including phenoxy) is 2. The van der Waals surface area contributed by atoms with Gasteiger partial charge >= 0.3 is 5.69 Å². The zero-order valence-corrected chi connectivity index (χ0v) is 17.2. The minimum Gasteiger partial charge on any atom is -0.350 e. The van der Waals surface area contributed by atoms with Gasteiger partial charge in [0.1, 0.15) is 11.4 Å². The first-order chi connectivity index (χ1) is 14.4. The van der Waals surface area contributed by atoms with Gasteiger partial charge in [-0.3, -0.25) is 19.6 Å². The average molecular weight is 414 g/mol. The maximum atomic E-state index is 13.0. The van der Waals surface area contributed by atoms with Crippen LogP contribution in [0.25, 0.3) is 0 Å². The first-order valence-electron chi connectivity index (χ1n) is 10.2. The number of benzene rings is 1. The molecule has 2 aliphatic rings. The number of carbonyl (C=O) groups excluding carboxylic acids is 1. The Kier molecular flexibility index (Phi) is 5.83. The highest BCUT2D eigenvalue weighted by molar-refractivity contribution is 5.94. The second-order valence-corrected chi connectivity index (χ2v) is 7.89. The van der Waals surface area contributed by atoms with Crippen molar-refractivity contribution in [1.82, 2.24) is 14.7 Å². The van der Waals surface area contributed by atoms with E-state index in [1.165, 1.54) is 0 Å². The Labute approximate surface area is 174 Å². The van der Waals surface area contributed by atoms with Gasteiger partial charge in [-0.2, -0.15) is 5.10 Å². The molecule has 2 aromatic rings. The van der Waals surface area contributed by atoms with Crippen molar-refractivity contribution in [3.63, 3.8) is 0 Å². The number of likely N-dealkylation sites (tertiary alicyclic amines) is 1. The number of rotatable bonds is 5. The van der Waals surface area contributed by atoms with Crippen LogP contribution in [0.4, 0.5) is 5.69 Å². The summed E-state index contributed by atoms with van der Waals surface area (Å²) in [5, 5.41) is 15.5. The predicted molar refractivity (Wildman–Crippen MR) is 108 cm³/mol. The molecular weight excluding hydrogens is 388 g/mol. The average Bonchev–Trinajstić information content (AvgIpc) is 3.37. The van der Waals surface area contributed by atoms with E-state index in [1.54, 1.807) is 18.5 Å². The Bertz CT molecular complexity index is 934. The van der Waals surface area contributed by atoms with Crippen molar-refractivity contribution in [2.75, 3.05) is 26.3 Å². The number of carbonyl (C=O) groups is 1. The van der Waals surface area contributed by atoms with Crippen LogP contribution in [0.15, 0.2) is 24.3 Å². The van der Waals surface area contributed by atoms with Gasteiger partial charge in [0.2, 0.25) is 0 Å². The Hall–Kier alpha value is -2.78. The molecule has 9 nitrogen and oxygen atoms in total. The molecule has 2 fully saturated rings. The molecule has 0 bridgehead atoms. The van der Waals surface area contributed by atoms with Crippen LogP contribution in [0.2, 0.25) is 0 Å². The number of aromatic nitrogens is 2. The minimum atomic E-state index is -0.399. The smallest absolute Gasteiger partial charge is 0.312 e. The largest absolute Gasteiger partial charge is 0.350 e. The van der Waals surface area contributed by atoms with Crippen molar-refractivity contribution in [2.45, 2.75) is 39.5 Å². The molecule has 0 N–H and O–H groups in total. The Balaban J connectivity index is 1.42. The fraction of sp³-hybridized carbons (Fsp3) is 0.524. The molecule has 1 aromatic heterocycles. The molecule has 1 atom stereocenters. The third-order valence-electron chi connectivity index (χ3n) is 5.84. The minimum absolute atomic E-state index is 0.00555. The molecule has 30 heavy (non-hydrogen) atoms. The first kappa shape index (κ1) is 20.5. The van der Waals surface area contributed by atoms with Crippen molar-refractivity contribution < 1.29 is 19.2 Å². The van der Waals surface area contributed by atoms with Gasteiger partial charge in [0.25, 0.3) is 5.91 Å². The van der Waals surface area contributed by atoms with E-state index in [4.69, 9.17) is 9.47 Å². The number of hydrogen-bond acceptors (Lipinski definition) is 6. The summed E-state index contributed by atoms with van der Waals surface area (Å²) in [7, 11) is 0. The second kappa shape index (κ2) is 8.53. The summed E-state index contributed by atoms with van der Waals surface area (Å²) in [5.41, 5.74) is 2.53. The van der Waals surface area contributed by atoms with Crippen LogP contribution >= 0.6 is 0 Å². The van der Waals surface area contributed by atoms with Gasteiger partial charge < -0.3 is 14.4 Å². The summed E-state index contributed by atoms with van der Waals surface area (Å²) in [4.78, 5) is 25.6. The fourth-order valence-electron chi connectivity index (χ4n) is 4.28. The Morgan fingerprint density at radius 3 is 2.57 bits per heavy atom. The molecule has 3 heterocycles. The van der Waals surface area contributed by atoms with Crippen molar-refractivity contribution in [3.05, 3.63) is 56.9 Å². The van der Waals surface area contributed by atoms with Gasteiger partial charge in [0.05, 0.1) is 24.7 Å². The monoisotopic (exact) mass is 414 g/mol. The molecule has 0 aliphatic carbocycles. The quantitative estimate of drug-likeness (QED) is 0.551. The lowest BCUT2D eigenvalue weighted by Gasteiger charge is -2.34. The number of hydrogen-bond donors (Lipinski definition) is 0. The van der Waals surface area contributed by atoms with E-state index in [1.807, 2.05) is 29.2 Å². The predicted octanol–water partition coefficient (Wildman–Crippen LogP) is 2.68. The summed E-state index contributed by atoms with van der Waals surface area (Å²) in [6, 6.07) is 7.37. The molecule has 2 aliphatic heterocycles. The van der Waals surface area contributed by atoms with E-state index >= 15 is 0 Å². The van der Waals surface area contributed by atoms with Crippen molar-refractivity contribution in [2.24, 2.45) is 5.92 Å².